The molecule has 2 amide bonds. The third-order valence-electron chi connectivity index (χ3n) is 6.37. The highest BCUT2D eigenvalue weighted by Crippen LogP contribution is 2.42. The fraction of sp³-hybridized carbons (Fsp3) is 0.200. The number of fused-ring (bicyclic) bond motifs is 1. The van der Waals surface area contributed by atoms with Crippen molar-refractivity contribution in [1.82, 2.24) is 4.90 Å². The standard InChI is InChI=1S/C30H26N2O6/c1-20-27(11-10-25-26(21-6-3-2-4-7-21)17-24(18-33)38-29(20)25)37-19-28(34)31-23-9-5-8-22(16-23)30(35)32-12-14-36-15-13-32/h2-11,16-17H,12-15,19H2,1H3,(H,31,34). The molecule has 0 radical (unpaired) electrons. The van der Waals surface area contributed by atoms with E-state index in [4.69, 9.17) is 14.2 Å². The van der Waals surface area contributed by atoms with E-state index in [1.165, 1.54) is 0 Å². The second-order valence-electron chi connectivity index (χ2n) is 8.88. The van der Waals surface area contributed by atoms with Gasteiger partial charge in [-0.1, -0.05) is 36.4 Å². The van der Waals surface area contributed by atoms with Crippen LogP contribution in [-0.4, -0.2) is 55.6 Å². The maximum absolute atomic E-state index is 12.8. The number of benzene rings is 3. The summed E-state index contributed by atoms with van der Waals surface area (Å²) >= 11 is 0. The maximum atomic E-state index is 12.8. The van der Waals surface area contributed by atoms with Crippen LogP contribution in [0.4, 0.5) is 5.69 Å². The Morgan fingerprint density at radius 2 is 1.82 bits per heavy atom. The summed E-state index contributed by atoms with van der Waals surface area (Å²) in [6.45, 7) is 3.68. The molecule has 38 heavy (non-hydrogen) atoms. The van der Waals surface area contributed by atoms with Gasteiger partial charge in [0.15, 0.2) is 12.5 Å². The van der Waals surface area contributed by atoms with Crippen molar-refractivity contribution in [2.75, 3.05) is 38.2 Å². The van der Waals surface area contributed by atoms with E-state index in [2.05, 4.69) is 5.32 Å². The normalized spacial score (nSPS) is 14.5. The lowest BCUT2D eigenvalue weighted by molar-refractivity contribution is -0.118. The molecule has 3 aromatic rings. The van der Waals surface area contributed by atoms with Crippen LogP contribution in [0, 0.1) is 6.92 Å². The smallest absolute Gasteiger partial charge is 0.262 e. The zero-order valence-electron chi connectivity index (χ0n) is 20.9. The number of ether oxygens (including phenoxy) is 3. The van der Waals surface area contributed by atoms with Crippen molar-refractivity contribution in [3.8, 4) is 11.5 Å². The number of rotatable bonds is 6. The van der Waals surface area contributed by atoms with Crippen molar-refractivity contribution in [2.24, 2.45) is 0 Å². The minimum atomic E-state index is -0.377. The molecule has 2 heterocycles. The maximum Gasteiger partial charge on any atom is 0.262 e. The Kier molecular flexibility index (Phi) is 7.35. The van der Waals surface area contributed by atoms with E-state index >= 15 is 0 Å². The van der Waals surface area contributed by atoms with Crippen LogP contribution in [0.1, 0.15) is 27.0 Å². The molecule has 5 rings (SSSR count). The summed E-state index contributed by atoms with van der Waals surface area (Å²) in [6, 6.07) is 20.1. The largest absolute Gasteiger partial charge is 0.483 e. The predicted molar refractivity (Wildman–Crippen MR) is 142 cm³/mol. The zero-order valence-corrected chi connectivity index (χ0v) is 20.9. The minimum Gasteiger partial charge on any atom is -0.483 e. The van der Waals surface area contributed by atoms with E-state index in [0.29, 0.717) is 54.6 Å². The molecule has 2 aliphatic rings. The lowest BCUT2D eigenvalue weighted by Crippen LogP contribution is -2.40. The summed E-state index contributed by atoms with van der Waals surface area (Å²) in [5.74, 6) is 2.36. The number of nitrogens with one attached hydrogen (secondary N) is 1. The average molecular weight is 511 g/mol. The summed E-state index contributed by atoms with van der Waals surface area (Å²) in [7, 11) is 0. The first-order valence-corrected chi connectivity index (χ1v) is 12.3. The number of amides is 2. The number of carbonyl (C=O) groups excluding carboxylic acids is 3. The molecule has 1 N–H and O–H groups in total. The molecule has 0 spiro atoms. The van der Waals surface area contributed by atoms with Crippen LogP contribution in [0.2, 0.25) is 0 Å². The Balaban J connectivity index is 1.28. The van der Waals surface area contributed by atoms with Crippen LogP contribution in [0.5, 0.6) is 11.5 Å². The fourth-order valence-electron chi connectivity index (χ4n) is 4.45. The highest BCUT2D eigenvalue weighted by Gasteiger charge is 2.23. The monoisotopic (exact) mass is 510 g/mol. The molecule has 0 aliphatic carbocycles. The molecule has 3 aromatic carbocycles. The molecule has 0 saturated carbocycles. The first-order chi connectivity index (χ1) is 18.5. The number of allylic oxidation sites excluding steroid dienone is 1. The molecule has 0 bridgehead atoms. The summed E-state index contributed by atoms with van der Waals surface area (Å²) in [5, 5.41) is 2.78. The van der Waals surface area contributed by atoms with Gasteiger partial charge in [-0.15, -0.1) is 0 Å². The first-order valence-electron chi connectivity index (χ1n) is 12.3. The molecular weight excluding hydrogens is 484 g/mol. The number of nitrogens with zero attached hydrogens (tertiary/aromatic N) is 1. The Hall–Kier alpha value is -4.65. The molecular formula is C30H26N2O6. The summed E-state index contributed by atoms with van der Waals surface area (Å²) in [4.78, 5) is 38.6. The third-order valence-corrected chi connectivity index (χ3v) is 6.37. The van der Waals surface area contributed by atoms with Crippen LogP contribution >= 0.6 is 0 Å². The van der Waals surface area contributed by atoms with Crippen molar-refractivity contribution in [1.29, 1.82) is 0 Å². The average Bonchev–Trinajstić information content (AvgIpc) is 2.97. The highest BCUT2D eigenvalue weighted by atomic mass is 16.5. The van der Waals surface area contributed by atoms with Gasteiger partial charge in [-0.2, -0.15) is 0 Å². The number of carbonyl (C=O) groups is 2. The van der Waals surface area contributed by atoms with Gasteiger partial charge < -0.3 is 24.4 Å². The van der Waals surface area contributed by atoms with Crippen LogP contribution in [0.25, 0.3) is 5.57 Å². The van der Waals surface area contributed by atoms with E-state index < -0.39 is 0 Å². The molecule has 1 fully saturated rings. The van der Waals surface area contributed by atoms with Gasteiger partial charge in [0, 0.05) is 41.5 Å². The Morgan fingerprint density at radius 3 is 2.58 bits per heavy atom. The lowest BCUT2D eigenvalue weighted by atomic mass is 9.93. The Labute approximate surface area is 220 Å². The van der Waals surface area contributed by atoms with Crippen LogP contribution < -0.4 is 14.8 Å². The first kappa shape index (κ1) is 25.0. The lowest BCUT2D eigenvalue weighted by Gasteiger charge is -2.27. The molecule has 8 nitrogen and oxygen atoms in total. The van der Waals surface area contributed by atoms with Gasteiger partial charge in [0.25, 0.3) is 11.8 Å². The van der Waals surface area contributed by atoms with E-state index in [9.17, 15) is 14.4 Å². The minimum absolute atomic E-state index is 0.0702. The molecule has 8 heteroatoms. The topological polar surface area (TPSA) is 94.2 Å². The fourth-order valence-corrected chi connectivity index (χ4v) is 4.45. The third kappa shape index (κ3) is 5.37. The number of anilines is 1. The molecule has 0 unspecified atom stereocenters. The number of hydrogen-bond acceptors (Lipinski definition) is 6. The van der Waals surface area contributed by atoms with Gasteiger partial charge in [-0.05, 0) is 48.4 Å². The van der Waals surface area contributed by atoms with Crippen LogP contribution in [0.3, 0.4) is 0 Å². The van der Waals surface area contributed by atoms with Crippen LogP contribution in [0.15, 0.2) is 78.6 Å². The zero-order chi connectivity index (χ0) is 26.5. The molecule has 192 valence electrons. The molecule has 1 saturated heterocycles. The summed E-state index contributed by atoms with van der Waals surface area (Å²) in [5.41, 5.74) is 4.24. The van der Waals surface area contributed by atoms with Gasteiger partial charge in [-0.25, -0.2) is 4.79 Å². The van der Waals surface area contributed by atoms with Gasteiger partial charge in [-0.3, -0.25) is 9.59 Å². The van der Waals surface area contributed by atoms with Gasteiger partial charge in [0.1, 0.15) is 11.5 Å². The van der Waals surface area contributed by atoms with E-state index in [0.717, 1.165) is 16.7 Å². The van der Waals surface area contributed by atoms with Crippen LogP contribution in [-0.2, 0) is 14.3 Å². The predicted octanol–water partition coefficient (Wildman–Crippen LogP) is 4.02. The van der Waals surface area contributed by atoms with Gasteiger partial charge >= 0.3 is 0 Å². The van der Waals surface area contributed by atoms with Gasteiger partial charge in [0.05, 0.1) is 13.2 Å². The van der Waals surface area contributed by atoms with Crippen molar-refractivity contribution in [3.05, 3.63) is 101 Å². The highest BCUT2D eigenvalue weighted by molar-refractivity contribution is 5.97. The number of morpholine rings is 1. The molecule has 0 aromatic heterocycles. The van der Waals surface area contributed by atoms with E-state index in [1.807, 2.05) is 49.3 Å². The quantitative estimate of drug-likeness (QED) is 0.504. The second-order valence-corrected chi connectivity index (χ2v) is 8.88. The van der Waals surface area contributed by atoms with Crippen molar-refractivity contribution in [3.63, 3.8) is 0 Å². The molecule has 0 atom stereocenters. The Bertz CT molecular complexity index is 1450. The SMILES string of the molecule is Cc1c(OCC(=O)Nc2cccc(C(=O)N3CCOCC3)c2)ccc2c1OC(=C=O)C=C2c1ccccc1. The Morgan fingerprint density at radius 1 is 1.03 bits per heavy atom. The summed E-state index contributed by atoms with van der Waals surface area (Å²) in [6.07, 6.45) is 1.66. The number of hydrogen-bond donors (Lipinski definition) is 1. The summed E-state index contributed by atoms with van der Waals surface area (Å²) < 4.78 is 16.9. The van der Waals surface area contributed by atoms with E-state index in [-0.39, 0.29) is 24.2 Å². The molecule has 2 aliphatic heterocycles. The van der Waals surface area contributed by atoms with Crippen molar-refractivity contribution in [2.45, 2.75) is 6.92 Å². The van der Waals surface area contributed by atoms with Crippen molar-refractivity contribution < 1.29 is 28.6 Å². The van der Waals surface area contributed by atoms with Crippen molar-refractivity contribution >= 4 is 29.0 Å². The van der Waals surface area contributed by atoms with Gasteiger partial charge in [0.2, 0.25) is 5.76 Å². The second kappa shape index (κ2) is 11.2. The van der Waals surface area contributed by atoms with E-state index in [1.54, 1.807) is 41.3 Å².